The minimum absolute atomic E-state index is 0.00454. The predicted octanol–water partition coefficient (Wildman–Crippen LogP) is 2.64. The zero-order valence-electron chi connectivity index (χ0n) is 13.4. The number of sulfonamides is 1. The molecule has 0 atom stereocenters. The second kappa shape index (κ2) is 7.24. The second-order valence-electron chi connectivity index (χ2n) is 5.36. The molecule has 0 saturated heterocycles. The summed E-state index contributed by atoms with van der Waals surface area (Å²) in [5, 5.41) is 1.98. The van der Waals surface area contributed by atoms with E-state index in [1.807, 2.05) is 5.32 Å². The molecule has 134 valence electrons. The number of aryl methyl sites for hydroxylation is 2. The number of benzene rings is 2. The molecular formula is C16H15F3N2O3S. The summed E-state index contributed by atoms with van der Waals surface area (Å²) in [5.74, 6) is -5.62. The second-order valence-corrected chi connectivity index (χ2v) is 7.10. The van der Waals surface area contributed by atoms with Gasteiger partial charge in [0, 0.05) is 0 Å². The molecule has 0 aliphatic carbocycles. The smallest absolute Gasteiger partial charge is 0.241 e. The van der Waals surface area contributed by atoms with Gasteiger partial charge in [-0.05, 0) is 37.6 Å². The number of amides is 1. The first-order valence-corrected chi connectivity index (χ1v) is 8.60. The van der Waals surface area contributed by atoms with Crippen LogP contribution in [0.3, 0.4) is 0 Å². The van der Waals surface area contributed by atoms with Gasteiger partial charge in [-0.2, -0.15) is 0 Å². The summed E-state index contributed by atoms with van der Waals surface area (Å²) in [7, 11) is -3.96. The van der Waals surface area contributed by atoms with Gasteiger partial charge in [0.2, 0.25) is 15.9 Å². The maximum atomic E-state index is 13.5. The van der Waals surface area contributed by atoms with E-state index in [1.165, 1.54) is 6.07 Å². The minimum atomic E-state index is -3.96. The third-order valence-corrected chi connectivity index (χ3v) is 4.91. The Morgan fingerprint density at radius 1 is 1.04 bits per heavy atom. The third kappa shape index (κ3) is 4.37. The molecule has 0 fully saturated rings. The van der Waals surface area contributed by atoms with Crippen molar-refractivity contribution in [1.29, 1.82) is 0 Å². The molecule has 0 aliphatic rings. The summed E-state index contributed by atoms with van der Waals surface area (Å²) >= 11 is 0. The number of halogens is 3. The van der Waals surface area contributed by atoms with Crippen LogP contribution in [0.2, 0.25) is 0 Å². The van der Waals surface area contributed by atoms with Gasteiger partial charge >= 0.3 is 0 Å². The van der Waals surface area contributed by atoms with E-state index in [-0.39, 0.29) is 4.90 Å². The highest BCUT2D eigenvalue weighted by Crippen LogP contribution is 2.19. The Morgan fingerprint density at radius 3 is 2.36 bits per heavy atom. The van der Waals surface area contributed by atoms with Gasteiger partial charge in [-0.25, -0.2) is 26.3 Å². The summed E-state index contributed by atoms with van der Waals surface area (Å²) in [6.45, 7) is 2.72. The molecule has 0 aromatic heterocycles. The van der Waals surface area contributed by atoms with Gasteiger partial charge in [0.05, 0.1) is 17.1 Å². The fourth-order valence-corrected chi connectivity index (χ4v) is 3.36. The van der Waals surface area contributed by atoms with E-state index in [4.69, 9.17) is 0 Å². The molecule has 0 radical (unpaired) electrons. The number of nitrogens with one attached hydrogen (secondary N) is 2. The third-order valence-electron chi connectivity index (χ3n) is 3.35. The molecule has 2 N–H and O–H groups in total. The van der Waals surface area contributed by atoms with Crippen molar-refractivity contribution in [3.8, 4) is 0 Å². The molecule has 1 amide bonds. The first kappa shape index (κ1) is 18.9. The average Bonchev–Trinajstić information content (AvgIpc) is 2.53. The summed E-state index contributed by atoms with van der Waals surface area (Å²) in [6.07, 6.45) is 0. The molecule has 2 rings (SSSR count). The van der Waals surface area contributed by atoms with Crippen molar-refractivity contribution in [2.24, 2.45) is 0 Å². The molecule has 0 heterocycles. The summed E-state index contributed by atoms with van der Waals surface area (Å²) < 4.78 is 65.9. The van der Waals surface area contributed by atoms with E-state index in [0.29, 0.717) is 11.6 Å². The normalized spacial score (nSPS) is 11.4. The number of rotatable bonds is 5. The van der Waals surface area contributed by atoms with Crippen molar-refractivity contribution in [1.82, 2.24) is 4.72 Å². The number of hydrogen-bond acceptors (Lipinski definition) is 3. The maximum Gasteiger partial charge on any atom is 0.241 e. The summed E-state index contributed by atoms with van der Waals surface area (Å²) in [5.41, 5.74) is 0.789. The van der Waals surface area contributed by atoms with Crippen molar-refractivity contribution in [3.63, 3.8) is 0 Å². The van der Waals surface area contributed by atoms with E-state index in [2.05, 4.69) is 4.72 Å². The summed E-state index contributed by atoms with van der Waals surface area (Å²) in [4.78, 5) is 11.8. The van der Waals surface area contributed by atoms with Gasteiger partial charge in [0.15, 0.2) is 17.5 Å². The predicted molar refractivity (Wildman–Crippen MR) is 86.1 cm³/mol. The van der Waals surface area contributed by atoms with Crippen LogP contribution in [0.15, 0.2) is 35.2 Å². The number of anilines is 1. The van der Waals surface area contributed by atoms with Gasteiger partial charge in [0.1, 0.15) is 0 Å². The van der Waals surface area contributed by atoms with Gasteiger partial charge in [-0.15, -0.1) is 0 Å². The van der Waals surface area contributed by atoms with E-state index in [9.17, 15) is 26.4 Å². The molecule has 9 heteroatoms. The Morgan fingerprint density at radius 2 is 1.72 bits per heavy atom. The van der Waals surface area contributed by atoms with Gasteiger partial charge in [0.25, 0.3) is 0 Å². The van der Waals surface area contributed by atoms with Gasteiger partial charge < -0.3 is 5.32 Å². The lowest BCUT2D eigenvalue weighted by Gasteiger charge is -2.11. The molecule has 0 saturated carbocycles. The SMILES string of the molecule is Cc1ccc(S(=O)(=O)NCC(=O)Nc2ccc(F)c(F)c2F)c(C)c1. The highest BCUT2D eigenvalue weighted by Gasteiger charge is 2.19. The largest absolute Gasteiger partial charge is 0.322 e. The van der Waals surface area contributed by atoms with E-state index in [0.717, 1.165) is 11.6 Å². The van der Waals surface area contributed by atoms with Crippen LogP contribution in [0.25, 0.3) is 0 Å². The van der Waals surface area contributed by atoms with Crippen LogP contribution >= 0.6 is 0 Å². The number of carbonyl (C=O) groups is 1. The lowest BCUT2D eigenvalue weighted by atomic mass is 10.2. The first-order chi connectivity index (χ1) is 11.6. The van der Waals surface area contributed by atoms with Crippen molar-refractivity contribution < 1.29 is 26.4 Å². The van der Waals surface area contributed by atoms with E-state index < -0.39 is 45.6 Å². The first-order valence-electron chi connectivity index (χ1n) is 7.12. The van der Waals surface area contributed by atoms with Gasteiger partial charge in [-0.3, -0.25) is 4.79 Å². The quantitative estimate of drug-likeness (QED) is 0.793. The Kier molecular flexibility index (Phi) is 5.48. The van der Waals surface area contributed by atoms with Crippen molar-refractivity contribution >= 4 is 21.6 Å². The van der Waals surface area contributed by atoms with Crippen molar-refractivity contribution in [2.75, 3.05) is 11.9 Å². The number of hydrogen-bond donors (Lipinski definition) is 2. The van der Waals surface area contributed by atoms with Crippen LogP contribution in [0.4, 0.5) is 18.9 Å². The highest BCUT2D eigenvalue weighted by molar-refractivity contribution is 7.89. The van der Waals surface area contributed by atoms with E-state index >= 15 is 0 Å². The van der Waals surface area contributed by atoms with Crippen LogP contribution in [0.5, 0.6) is 0 Å². The average molecular weight is 372 g/mol. The zero-order valence-corrected chi connectivity index (χ0v) is 14.2. The molecule has 0 spiro atoms. The summed E-state index contributed by atoms with van der Waals surface area (Å²) in [6, 6.07) is 6.17. The van der Waals surface area contributed by atoms with Crippen molar-refractivity contribution in [2.45, 2.75) is 18.7 Å². The molecule has 0 unspecified atom stereocenters. The van der Waals surface area contributed by atoms with E-state index in [1.54, 1.807) is 26.0 Å². The number of carbonyl (C=O) groups excluding carboxylic acids is 1. The Balaban J connectivity index is 2.08. The highest BCUT2D eigenvalue weighted by atomic mass is 32.2. The van der Waals surface area contributed by atoms with Crippen LogP contribution < -0.4 is 10.0 Å². The molecule has 2 aromatic rings. The molecule has 0 aliphatic heterocycles. The standard InChI is InChI=1S/C16H15F3N2O3S/c1-9-3-6-13(10(2)7-9)25(23,24)20-8-14(22)21-12-5-4-11(17)15(18)16(12)19/h3-7,20H,8H2,1-2H3,(H,21,22). The molecule has 0 bridgehead atoms. The zero-order chi connectivity index (χ0) is 18.8. The van der Waals surface area contributed by atoms with Crippen molar-refractivity contribution in [3.05, 3.63) is 58.9 Å². The Labute approximate surface area is 142 Å². The van der Waals surface area contributed by atoms with Crippen LogP contribution in [0.1, 0.15) is 11.1 Å². The lowest BCUT2D eigenvalue weighted by molar-refractivity contribution is -0.115. The fraction of sp³-hybridized carbons (Fsp3) is 0.188. The Bertz CT molecular complexity index is 930. The van der Waals surface area contributed by atoms with Crippen LogP contribution in [-0.2, 0) is 14.8 Å². The topological polar surface area (TPSA) is 75.3 Å². The fourth-order valence-electron chi connectivity index (χ4n) is 2.16. The lowest BCUT2D eigenvalue weighted by Crippen LogP contribution is -2.33. The molecule has 5 nitrogen and oxygen atoms in total. The maximum absolute atomic E-state index is 13.5. The Hall–Kier alpha value is -2.39. The molecule has 25 heavy (non-hydrogen) atoms. The van der Waals surface area contributed by atoms with Crippen LogP contribution in [0, 0.1) is 31.3 Å². The molecule has 2 aromatic carbocycles. The molecular weight excluding hydrogens is 357 g/mol. The van der Waals surface area contributed by atoms with Crippen LogP contribution in [-0.4, -0.2) is 20.9 Å². The monoisotopic (exact) mass is 372 g/mol. The van der Waals surface area contributed by atoms with Gasteiger partial charge in [-0.1, -0.05) is 17.7 Å². The minimum Gasteiger partial charge on any atom is -0.322 e.